The first-order chi connectivity index (χ1) is 9.43. The number of para-hydroxylation sites is 1. The van der Waals surface area contributed by atoms with Crippen LogP contribution in [0.1, 0.15) is 11.1 Å². The maximum absolute atomic E-state index is 12.8. The second kappa shape index (κ2) is 5.39. The molecule has 2 aromatic rings. The van der Waals surface area contributed by atoms with Crippen LogP contribution in [-0.2, 0) is 6.18 Å². The summed E-state index contributed by atoms with van der Waals surface area (Å²) in [6, 6.07) is 7.73. The molecule has 0 N–H and O–H groups in total. The first kappa shape index (κ1) is 14.2. The molecule has 0 amide bonds. The summed E-state index contributed by atoms with van der Waals surface area (Å²) in [5, 5.41) is 8.80. The van der Waals surface area contributed by atoms with Gasteiger partial charge in [-0.05, 0) is 12.1 Å². The van der Waals surface area contributed by atoms with Gasteiger partial charge >= 0.3 is 6.18 Å². The molecule has 0 saturated carbocycles. The Morgan fingerprint density at radius 1 is 1.15 bits per heavy atom. The van der Waals surface area contributed by atoms with Crippen molar-refractivity contribution in [2.75, 3.05) is 0 Å². The van der Waals surface area contributed by atoms with E-state index in [-0.39, 0.29) is 16.5 Å². The lowest BCUT2D eigenvalue weighted by molar-refractivity contribution is -0.138. The number of rotatable bonds is 2. The minimum Gasteiger partial charge on any atom is -0.455 e. The molecule has 102 valence electrons. The Labute approximate surface area is 117 Å². The van der Waals surface area contributed by atoms with Gasteiger partial charge in [-0.3, -0.25) is 0 Å². The topological polar surface area (TPSA) is 45.9 Å². The lowest BCUT2D eigenvalue weighted by Crippen LogP contribution is -2.07. The molecule has 0 unspecified atom stereocenters. The minimum atomic E-state index is -4.56. The van der Waals surface area contributed by atoms with Crippen molar-refractivity contribution in [3.8, 4) is 17.6 Å². The highest BCUT2D eigenvalue weighted by Crippen LogP contribution is 2.38. The fourth-order valence-electron chi connectivity index (χ4n) is 1.51. The largest absolute Gasteiger partial charge is 0.455 e. The van der Waals surface area contributed by atoms with Crippen LogP contribution < -0.4 is 4.74 Å². The number of benzene rings is 1. The van der Waals surface area contributed by atoms with Gasteiger partial charge in [0.15, 0.2) is 5.15 Å². The number of hydrogen-bond acceptors (Lipinski definition) is 3. The molecule has 0 saturated heterocycles. The van der Waals surface area contributed by atoms with Crippen LogP contribution in [0.2, 0.25) is 5.15 Å². The van der Waals surface area contributed by atoms with Crippen molar-refractivity contribution in [2.45, 2.75) is 6.18 Å². The molecule has 1 aromatic heterocycles. The van der Waals surface area contributed by atoms with Crippen LogP contribution in [0.3, 0.4) is 0 Å². The van der Waals surface area contributed by atoms with E-state index in [2.05, 4.69) is 4.98 Å². The van der Waals surface area contributed by atoms with Crippen LogP contribution in [-0.4, -0.2) is 4.98 Å². The second-order valence-electron chi connectivity index (χ2n) is 3.68. The van der Waals surface area contributed by atoms with Crippen molar-refractivity contribution < 1.29 is 17.9 Å². The van der Waals surface area contributed by atoms with Crippen molar-refractivity contribution in [1.82, 2.24) is 4.98 Å². The first-order valence-corrected chi connectivity index (χ1v) is 5.70. The van der Waals surface area contributed by atoms with Gasteiger partial charge < -0.3 is 4.74 Å². The van der Waals surface area contributed by atoms with Crippen molar-refractivity contribution in [3.05, 3.63) is 52.8 Å². The monoisotopic (exact) mass is 298 g/mol. The molecular formula is C13H6ClF3N2O. The summed E-state index contributed by atoms with van der Waals surface area (Å²) in [7, 11) is 0. The highest BCUT2D eigenvalue weighted by atomic mass is 35.5. The number of nitrogens with zero attached hydrogens (tertiary/aromatic N) is 2. The molecule has 1 aromatic carbocycles. The van der Waals surface area contributed by atoms with Crippen molar-refractivity contribution in [3.63, 3.8) is 0 Å². The molecule has 20 heavy (non-hydrogen) atoms. The lowest BCUT2D eigenvalue weighted by Gasteiger charge is -2.14. The molecule has 0 spiro atoms. The van der Waals surface area contributed by atoms with E-state index in [1.807, 2.05) is 0 Å². The highest BCUT2D eigenvalue weighted by Gasteiger charge is 2.34. The van der Waals surface area contributed by atoms with Crippen LogP contribution in [0.15, 0.2) is 36.5 Å². The van der Waals surface area contributed by atoms with Crippen LogP contribution in [0.4, 0.5) is 13.2 Å². The van der Waals surface area contributed by atoms with Gasteiger partial charge in [0.25, 0.3) is 0 Å². The van der Waals surface area contributed by atoms with Gasteiger partial charge in [0.2, 0.25) is 0 Å². The summed E-state index contributed by atoms with van der Waals surface area (Å²) in [4.78, 5) is 3.66. The smallest absolute Gasteiger partial charge is 0.419 e. The summed E-state index contributed by atoms with van der Waals surface area (Å²) in [6.45, 7) is 0. The molecule has 2 rings (SSSR count). The third kappa shape index (κ3) is 2.83. The second-order valence-corrected chi connectivity index (χ2v) is 4.04. The van der Waals surface area contributed by atoms with E-state index >= 15 is 0 Å². The summed E-state index contributed by atoms with van der Waals surface area (Å²) >= 11 is 5.69. The van der Waals surface area contributed by atoms with E-state index in [1.54, 1.807) is 6.07 Å². The molecule has 0 radical (unpaired) electrons. The summed E-state index contributed by atoms with van der Waals surface area (Å²) < 4.78 is 43.7. The Hall–Kier alpha value is -2.26. The fraction of sp³-hybridized carbons (Fsp3) is 0.0769. The van der Waals surface area contributed by atoms with Gasteiger partial charge in [-0.1, -0.05) is 23.7 Å². The third-order valence-electron chi connectivity index (χ3n) is 2.39. The summed E-state index contributed by atoms with van der Waals surface area (Å²) in [6.07, 6.45) is -3.31. The van der Waals surface area contributed by atoms with Crippen molar-refractivity contribution in [2.24, 2.45) is 0 Å². The zero-order chi connectivity index (χ0) is 14.8. The quantitative estimate of drug-likeness (QED) is 0.771. The Morgan fingerprint density at radius 3 is 2.50 bits per heavy atom. The normalized spacial score (nSPS) is 10.9. The number of hydrogen-bond donors (Lipinski definition) is 0. The Bertz CT molecular complexity index is 680. The first-order valence-electron chi connectivity index (χ1n) is 5.32. The van der Waals surface area contributed by atoms with Crippen molar-refractivity contribution in [1.29, 1.82) is 5.26 Å². The predicted octanol–water partition coefficient (Wildman–Crippen LogP) is 4.42. The zero-order valence-electron chi connectivity index (χ0n) is 9.78. The predicted molar refractivity (Wildman–Crippen MR) is 65.5 cm³/mol. The number of nitriles is 1. The Kier molecular flexibility index (Phi) is 3.81. The van der Waals surface area contributed by atoms with E-state index < -0.39 is 17.5 Å². The van der Waals surface area contributed by atoms with E-state index in [0.717, 1.165) is 12.1 Å². The van der Waals surface area contributed by atoms with Gasteiger partial charge in [-0.15, -0.1) is 0 Å². The van der Waals surface area contributed by atoms with E-state index in [4.69, 9.17) is 21.6 Å². The van der Waals surface area contributed by atoms with Gasteiger partial charge in [-0.2, -0.15) is 18.4 Å². The molecule has 1 heterocycles. The molecule has 0 aliphatic carbocycles. The third-order valence-corrected chi connectivity index (χ3v) is 2.68. The molecule has 7 heteroatoms. The Morgan fingerprint density at radius 2 is 1.85 bits per heavy atom. The zero-order valence-corrected chi connectivity index (χ0v) is 10.5. The molecule has 3 nitrogen and oxygen atoms in total. The SMILES string of the molecule is N#Cc1c(Oc2ccccc2C(F)(F)F)ccnc1Cl. The average Bonchev–Trinajstić information content (AvgIpc) is 2.38. The highest BCUT2D eigenvalue weighted by molar-refractivity contribution is 6.30. The van der Waals surface area contributed by atoms with Crippen LogP contribution in [0.25, 0.3) is 0 Å². The van der Waals surface area contributed by atoms with E-state index in [0.29, 0.717) is 0 Å². The van der Waals surface area contributed by atoms with Gasteiger partial charge in [0.05, 0.1) is 5.56 Å². The molecule has 0 atom stereocenters. The van der Waals surface area contributed by atoms with Crippen LogP contribution in [0.5, 0.6) is 11.5 Å². The minimum absolute atomic E-state index is 0.0794. The van der Waals surface area contributed by atoms with Crippen LogP contribution >= 0.6 is 11.6 Å². The van der Waals surface area contributed by atoms with Gasteiger partial charge in [0.1, 0.15) is 23.1 Å². The number of ether oxygens (including phenoxy) is 1. The van der Waals surface area contributed by atoms with Gasteiger partial charge in [0, 0.05) is 12.3 Å². The maximum Gasteiger partial charge on any atom is 0.419 e. The standard InChI is InChI=1S/C13H6ClF3N2O/c14-12-8(7-18)10(5-6-19-12)20-11-4-2-1-3-9(11)13(15,16)17/h1-6H. The van der Waals surface area contributed by atoms with Crippen LogP contribution in [0, 0.1) is 11.3 Å². The molecular weight excluding hydrogens is 293 g/mol. The number of halogens is 4. The molecule has 0 fully saturated rings. The number of aromatic nitrogens is 1. The summed E-state index contributed by atoms with van der Waals surface area (Å²) in [5.41, 5.74) is -1.05. The molecule has 0 aliphatic heterocycles. The Balaban J connectivity index is 2.47. The lowest BCUT2D eigenvalue weighted by atomic mass is 10.2. The fourth-order valence-corrected chi connectivity index (χ4v) is 1.71. The van der Waals surface area contributed by atoms with Gasteiger partial charge in [-0.25, -0.2) is 4.98 Å². The number of pyridine rings is 1. The number of alkyl halides is 3. The maximum atomic E-state index is 12.8. The molecule has 0 aliphatic rings. The molecule has 0 bridgehead atoms. The average molecular weight is 299 g/mol. The van der Waals surface area contributed by atoms with Crippen molar-refractivity contribution >= 4 is 11.6 Å². The summed E-state index contributed by atoms with van der Waals surface area (Å²) in [5.74, 6) is -0.483. The van der Waals surface area contributed by atoms with E-state index in [9.17, 15) is 13.2 Å². The van der Waals surface area contributed by atoms with E-state index in [1.165, 1.54) is 24.4 Å².